The first-order valence-corrected chi connectivity index (χ1v) is 7.81. The summed E-state index contributed by atoms with van der Waals surface area (Å²) in [5.41, 5.74) is 0.913. The second-order valence-electron chi connectivity index (χ2n) is 3.45. The van der Waals surface area contributed by atoms with E-state index >= 15 is 0 Å². The molecule has 6 heteroatoms. The maximum Gasteiger partial charge on any atom is 0.267 e. The summed E-state index contributed by atoms with van der Waals surface area (Å²) >= 11 is 4.50. The van der Waals surface area contributed by atoms with Crippen molar-refractivity contribution < 1.29 is 4.79 Å². The lowest BCUT2D eigenvalue weighted by Gasteiger charge is -1.97. The number of rotatable bonds is 3. The third-order valence-corrected chi connectivity index (χ3v) is 4.76. The second-order valence-corrected chi connectivity index (χ2v) is 6.20. The van der Waals surface area contributed by atoms with Crippen molar-refractivity contribution >= 4 is 45.0 Å². The van der Waals surface area contributed by atoms with Gasteiger partial charge in [0.25, 0.3) is 5.91 Å². The van der Waals surface area contributed by atoms with Crippen LogP contribution in [0.3, 0.4) is 0 Å². The molecule has 0 aliphatic heterocycles. The summed E-state index contributed by atoms with van der Waals surface area (Å²) in [7, 11) is 0. The monoisotopic (exact) mass is 292 g/mol. The molecule has 0 aliphatic carbocycles. The smallest absolute Gasteiger partial charge is 0.267 e. The van der Waals surface area contributed by atoms with Crippen LogP contribution in [0, 0.1) is 0 Å². The Hall–Kier alpha value is -1.50. The number of nitrogens with one attached hydrogen (secondary N) is 1. The van der Waals surface area contributed by atoms with Gasteiger partial charge in [-0.05, 0) is 22.9 Å². The van der Waals surface area contributed by atoms with E-state index in [9.17, 15) is 4.79 Å². The largest absolute Gasteiger partial charge is 0.297 e. The molecule has 0 saturated carbocycles. The summed E-state index contributed by atoms with van der Waals surface area (Å²) in [5, 5.41) is 9.30. The minimum Gasteiger partial charge on any atom is -0.297 e. The lowest BCUT2D eigenvalue weighted by molar-refractivity contribution is 0.103. The number of hydrogen-bond acceptors (Lipinski definition) is 5. The van der Waals surface area contributed by atoms with E-state index in [0.29, 0.717) is 10.0 Å². The van der Waals surface area contributed by atoms with Gasteiger partial charge in [0.1, 0.15) is 0 Å². The van der Waals surface area contributed by atoms with E-state index in [4.69, 9.17) is 0 Å². The summed E-state index contributed by atoms with van der Waals surface area (Å²) in [4.78, 5) is 18.1. The highest BCUT2D eigenvalue weighted by Gasteiger charge is 2.10. The van der Waals surface area contributed by atoms with E-state index in [1.54, 1.807) is 17.4 Å². The van der Waals surface area contributed by atoms with Gasteiger partial charge in [-0.1, -0.05) is 12.1 Å². The Balaban J connectivity index is 1.76. The van der Waals surface area contributed by atoms with Crippen LogP contribution >= 0.6 is 34.0 Å². The van der Waals surface area contributed by atoms with Gasteiger partial charge in [0.2, 0.25) is 0 Å². The van der Waals surface area contributed by atoms with Gasteiger partial charge >= 0.3 is 0 Å². The molecule has 1 amide bonds. The first kappa shape index (κ1) is 11.6. The molecule has 3 aromatic heterocycles. The zero-order valence-corrected chi connectivity index (χ0v) is 11.6. The van der Waals surface area contributed by atoms with Crippen LogP contribution in [0.15, 0.2) is 40.4 Å². The molecular formula is C12H8N2OS3. The molecule has 0 fully saturated rings. The van der Waals surface area contributed by atoms with Crippen molar-refractivity contribution in [1.29, 1.82) is 0 Å². The topological polar surface area (TPSA) is 42.0 Å². The molecule has 1 N–H and O–H groups in total. The van der Waals surface area contributed by atoms with Crippen molar-refractivity contribution in [3.05, 3.63) is 45.3 Å². The number of aromatic nitrogens is 1. The van der Waals surface area contributed by atoms with Crippen LogP contribution in [-0.4, -0.2) is 10.9 Å². The molecule has 3 nitrogen and oxygen atoms in total. The molecule has 3 rings (SSSR count). The Kier molecular flexibility index (Phi) is 3.22. The van der Waals surface area contributed by atoms with E-state index in [-0.39, 0.29) is 5.91 Å². The number of nitrogens with zero attached hydrogens (tertiary/aromatic N) is 1. The van der Waals surface area contributed by atoms with Crippen molar-refractivity contribution in [1.82, 2.24) is 4.98 Å². The molecule has 0 spiro atoms. The number of thiophene rings is 2. The minimum absolute atomic E-state index is 0.0999. The van der Waals surface area contributed by atoms with E-state index < -0.39 is 0 Å². The highest BCUT2D eigenvalue weighted by atomic mass is 32.1. The molecule has 0 saturated heterocycles. The normalized spacial score (nSPS) is 10.4. The molecule has 0 unspecified atom stereocenters. The molecule has 0 bridgehead atoms. The maximum absolute atomic E-state index is 11.8. The standard InChI is InChI=1S/C12H8N2OS3/c15-11(10-4-2-6-17-10)14-12-13-8(7-18-12)9-3-1-5-16-9/h1-7H,(H,13,14,15). The van der Waals surface area contributed by atoms with Gasteiger partial charge in [-0.3, -0.25) is 10.1 Å². The molecule has 3 heterocycles. The summed E-state index contributed by atoms with van der Waals surface area (Å²) in [5.74, 6) is -0.0999. The highest BCUT2D eigenvalue weighted by molar-refractivity contribution is 7.16. The average Bonchev–Trinajstić information content (AvgIpc) is 3.12. The third kappa shape index (κ3) is 2.35. The SMILES string of the molecule is O=C(Nc1nc(-c2cccs2)cs1)c1cccs1. The fourth-order valence-electron chi connectivity index (χ4n) is 1.44. The van der Waals surface area contributed by atoms with E-state index in [1.165, 1.54) is 22.7 Å². The van der Waals surface area contributed by atoms with Gasteiger partial charge in [0.05, 0.1) is 15.4 Å². The highest BCUT2D eigenvalue weighted by Crippen LogP contribution is 2.28. The maximum atomic E-state index is 11.8. The lowest BCUT2D eigenvalue weighted by Crippen LogP contribution is -2.09. The molecule has 90 valence electrons. The molecule has 0 aromatic carbocycles. The van der Waals surface area contributed by atoms with Crippen molar-refractivity contribution in [3.8, 4) is 10.6 Å². The Morgan fingerprint density at radius 2 is 1.94 bits per heavy atom. The second kappa shape index (κ2) is 5.01. The molecule has 0 atom stereocenters. The summed E-state index contributed by atoms with van der Waals surface area (Å²) in [6, 6.07) is 7.67. The van der Waals surface area contributed by atoms with Crippen LogP contribution in [0.1, 0.15) is 9.67 Å². The summed E-state index contributed by atoms with van der Waals surface area (Å²) < 4.78 is 0. The van der Waals surface area contributed by atoms with E-state index in [0.717, 1.165) is 10.6 Å². The van der Waals surface area contributed by atoms with Gasteiger partial charge in [-0.25, -0.2) is 4.98 Å². The lowest BCUT2D eigenvalue weighted by atomic mass is 10.4. The van der Waals surface area contributed by atoms with Crippen molar-refractivity contribution in [2.24, 2.45) is 0 Å². The average molecular weight is 292 g/mol. The van der Waals surface area contributed by atoms with Crippen molar-refractivity contribution in [2.45, 2.75) is 0 Å². The molecule has 0 radical (unpaired) electrons. The number of carbonyl (C=O) groups is 1. The zero-order chi connectivity index (χ0) is 12.4. The number of thiazole rings is 1. The van der Waals surface area contributed by atoms with Gasteiger partial charge < -0.3 is 0 Å². The Morgan fingerprint density at radius 3 is 2.67 bits per heavy atom. The molecule has 0 aliphatic rings. The quantitative estimate of drug-likeness (QED) is 0.786. The molecule has 18 heavy (non-hydrogen) atoms. The van der Waals surface area contributed by atoms with Crippen LogP contribution in [0.5, 0.6) is 0 Å². The van der Waals surface area contributed by atoms with Gasteiger partial charge in [-0.2, -0.15) is 0 Å². The van der Waals surface area contributed by atoms with Crippen LogP contribution in [0.4, 0.5) is 5.13 Å². The summed E-state index contributed by atoms with van der Waals surface area (Å²) in [6.45, 7) is 0. The van der Waals surface area contributed by atoms with Crippen LogP contribution in [0.2, 0.25) is 0 Å². The Morgan fingerprint density at radius 1 is 1.11 bits per heavy atom. The predicted molar refractivity (Wildman–Crippen MR) is 77.7 cm³/mol. The Labute approximate surface area is 116 Å². The van der Waals surface area contributed by atoms with Crippen LogP contribution in [0.25, 0.3) is 10.6 Å². The number of anilines is 1. The van der Waals surface area contributed by atoms with E-state index in [2.05, 4.69) is 10.3 Å². The van der Waals surface area contributed by atoms with Crippen molar-refractivity contribution in [2.75, 3.05) is 5.32 Å². The Bertz CT molecular complexity index is 641. The third-order valence-electron chi connectivity index (χ3n) is 2.24. The minimum atomic E-state index is -0.0999. The van der Waals surface area contributed by atoms with Crippen LogP contribution in [-0.2, 0) is 0 Å². The number of carbonyl (C=O) groups excluding carboxylic acids is 1. The fourth-order valence-corrected chi connectivity index (χ4v) is 3.52. The summed E-state index contributed by atoms with van der Waals surface area (Å²) in [6.07, 6.45) is 0. The first-order chi connectivity index (χ1) is 8.83. The van der Waals surface area contributed by atoms with Crippen molar-refractivity contribution in [3.63, 3.8) is 0 Å². The van der Waals surface area contributed by atoms with Gasteiger partial charge in [0.15, 0.2) is 5.13 Å². The molecule has 3 aromatic rings. The molecular weight excluding hydrogens is 284 g/mol. The number of amides is 1. The van der Waals surface area contributed by atoms with Gasteiger partial charge in [0, 0.05) is 5.38 Å². The first-order valence-electron chi connectivity index (χ1n) is 5.17. The predicted octanol–water partition coefficient (Wildman–Crippen LogP) is 4.19. The van der Waals surface area contributed by atoms with Crippen LogP contribution < -0.4 is 5.32 Å². The zero-order valence-electron chi connectivity index (χ0n) is 9.12. The number of hydrogen-bond donors (Lipinski definition) is 1. The van der Waals surface area contributed by atoms with E-state index in [1.807, 2.05) is 34.3 Å². The van der Waals surface area contributed by atoms with Gasteiger partial charge in [-0.15, -0.1) is 34.0 Å². The fraction of sp³-hybridized carbons (Fsp3) is 0.